The van der Waals surface area contributed by atoms with E-state index in [-0.39, 0.29) is 5.91 Å². The van der Waals surface area contributed by atoms with E-state index in [1.165, 1.54) is 26.2 Å². The first-order valence-electron chi connectivity index (χ1n) is 10.2. The van der Waals surface area contributed by atoms with E-state index >= 15 is 0 Å². The Labute approximate surface area is 186 Å². The Bertz CT molecular complexity index is 1150. The highest BCUT2D eigenvalue weighted by atomic mass is 16.5. The molecule has 1 atom stereocenters. The second-order valence-corrected chi connectivity index (χ2v) is 7.50. The number of benzene rings is 2. The van der Waals surface area contributed by atoms with E-state index in [0.717, 1.165) is 11.1 Å². The molecule has 2 aromatic carbocycles. The zero-order valence-corrected chi connectivity index (χ0v) is 18.5. The molecule has 0 bridgehead atoms. The monoisotopic (exact) mass is 433 g/mol. The lowest BCUT2D eigenvalue weighted by atomic mass is 9.94. The molecule has 3 amide bonds. The van der Waals surface area contributed by atoms with Gasteiger partial charge in [-0.05, 0) is 24.1 Å². The van der Waals surface area contributed by atoms with Crippen molar-refractivity contribution in [2.45, 2.75) is 13.5 Å². The zero-order chi connectivity index (χ0) is 22.8. The van der Waals surface area contributed by atoms with Gasteiger partial charge in [0.15, 0.2) is 11.5 Å². The van der Waals surface area contributed by atoms with Crippen LogP contribution in [0.25, 0.3) is 0 Å². The Kier molecular flexibility index (Phi) is 5.81. The van der Waals surface area contributed by atoms with E-state index in [1.807, 2.05) is 49.4 Å². The Hall–Kier alpha value is -3.87. The molecule has 7 nitrogen and oxygen atoms in total. The van der Waals surface area contributed by atoms with Crippen molar-refractivity contribution in [1.29, 1.82) is 0 Å². The van der Waals surface area contributed by atoms with Crippen LogP contribution >= 0.6 is 0 Å². The molecule has 0 saturated heterocycles. The van der Waals surface area contributed by atoms with E-state index in [0.29, 0.717) is 35.2 Å². The van der Waals surface area contributed by atoms with E-state index in [2.05, 4.69) is 0 Å². The van der Waals surface area contributed by atoms with E-state index < -0.39 is 11.9 Å². The normalized spacial score (nSPS) is 17.5. The molecule has 4 rings (SSSR count). The number of rotatable bonds is 6. The molecule has 0 aromatic heterocycles. The lowest BCUT2D eigenvalue weighted by Gasteiger charge is -2.27. The number of amides is 3. The lowest BCUT2D eigenvalue weighted by molar-refractivity contribution is -0.445. The average molecular weight is 433 g/mol. The molecule has 1 aliphatic heterocycles. The molecule has 7 heteroatoms. The van der Waals surface area contributed by atoms with Crippen molar-refractivity contribution in [3.8, 4) is 17.2 Å². The molecule has 0 radical (unpaired) electrons. The number of anilines is 1. The fraction of sp³-hybridized carbons (Fsp3) is 0.240. The smallest absolute Gasteiger partial charge is 0.493 e. The van der Waals surface area contributed by atoms with Crippen LogP contribution in [0.3, 0.4) is 0 Å². The van der Waals surface area contributed by atoms with Crippen molar-refractivity contribution >= 4 is 23.3 Å². The number of aryl methyl sites for hydroxylation is 1. The molecular weight excluding hydrogens is 408 g/mol. The van der Waals surface area contributed by atoms with Crippen molar-refractivity contribution in [3.05, 3.63) is 71.8 Å². The van der Waals surface area contributed by atoms with Gasteiger partial charge >= 0.3 is 11.9 Å². The van der Waals surface area contributed by atoms with Gasteiger partial charge in [0.1, 0.15) is 23.9 Å². The van der Waals surface area contributed by atoms with Crippen molar-refractivity contribution in [1.82, 2.24) is 0 Å². The van der Waals surface area contributed by atoms with Crippen LogP contribution in [0, 0.1) is 12.8 Å². The number of hydrogen-bond acceptors (Lipinski definition) is 5. The topological polar surface area (TPSA) is 68.1 Å². The summed E-state index contributed by atoms with van der Waals surface area (Å²) in [4.78, 5) is 28.3. The molecule has 1 unspecified atom stereocenters. The first kappa shape index (κ1) is 21.4. The van der Waals surface area contributed by atoms with Crippen molar-refractivity contribution in [2.24, 2.45) is 5.92 Å². The molecule has 164 valence electrons. The molecule has 2 aromatic rings. The minimum absolute atomic E-state index is 0.332. The van der Waals surface area contributed by atoms with Crippen LogP contribution in [0.5, 0.6) is 17.2 Å². The first-order chi connectivity index (χ1) is 15.5. The fourth-order valence-corrected chi connectivity index (χ4v) is 4.01. The van der Waals surface area contributed by atoms with Crippen LogP contribution in [-0.4, -0.2) is 43.6 Å². The van der Waals surface area contributed by atoms with Gasteiger partial charge in [0.25, 0.3) is 0 Å². The highest BCUT2D eigenvalue weighted by Gasteiger charge is 2.48. The molecule has 0 fully saturated rings. The van der Waals surface area contributed by atoms with Crippen LogP contribution in [0.15, 0.2) is 60.7 Å². The van der Waals surface area contributed by atoms with Crippen LogP contribution in [0.2, 0.25) is 0 Å². The van der Waals surface area contributed by atoms with Gasteiger partial charge in [0, 0.05) is 12.1 Å². The Morgan fingerprint density at radius 3 is 2.28 bits per heavy atom. The first-order valence-corrected chi connectivity index (χ1v) is 10.2. The van der Waals surface area contributed by atoms with Crippen molar-refractivity contribution in [3.63, 3.8) is 0 Å². The van der Waals surface area contributed by atoms with E-state index in [9.17, 15) is 9.59 Å². The summed E-state index contributed by atoms with van der Waals surface area (Å²) >= 11 is 0. The highest BCUT2D eigenvalue weighted by Crippen LogP contribution is 2.42. The molecule has 32 heavy (non-hydrogen) atoms. The van der Waals surface area contributed by atoms with Gasteiger partial charge in [-0.3, -0.25) is 0 Å². The standard InChI is InChI=1S/C25H25N2O5/c1-16-9-5-6-10-17(16)15-26-20-12-8-7-11-19(20)24(28)27(25(26)29)18-13-21(30-2)23(32-4)22(14-18)31-3/h5-14,19H,15H2,1-4H3/q+1. The summed E-state index contributed by atoms with van der Waals surface area (Å²) in [7, 11) is 4.49. The minimum atomic E-state index is -0.569. The maximum atomic E-state index is 13.7. The maximum Gasteiger partial charge on any atom is 0.506 e. The number of fused-ring (bicyclic) bond motifs is 1. The summed E-state index contributed by atoms with van der Waals surface area (Å²) in [5.74, 6) is 0.213. The zero-order valence-electron chi connectivity index (χ0n) is 18.5. The van der Waals surface area contributed by atoms with Gasteiger partial charge in [0.05, 0.1) is 21.3 Å². The third kappa shape index (κ3) is 3.56. The minimum Gasteiger partial charge on any atom is -0.493 e. The summed E-state index contributed by atoms with van der Waals surface area (Å²) in [6, 6.07) is 10.7. The quantitative estimate of drug-likeness (QED) is 0.647. The Morgan fingerprint density at radius 2 is 1.66 bits per heavy atom. The van der Waals surface area contributed by atoms with Crippen LogP contribution in [-0.2, 0) is 11.3 Å². The summed E-state index contributed by atoms with van der Waals surface area (Å²) < 4.78 is 17.9. The van der Waals surface area contributed by atoms with Crippen LogP contribution < -0.4 is 19.1 Å². The highest BCUT2D eigenvalue weighted by molar-refractivity contribution is 6.26. The Balaban J connectivity index is 1.85. The van der Waals surface area contributed by atoms with Crippen LogP contribution in [0.1, 0.15) is 11.1 Å². The number of urea groups is 1. The molecule has 0 spiro atoms. The molecule has 1 heterocycles. The number of hydrogen-bond donors (Lipinski definition) is 0. The predicted octanol–water partition coefficient (Wildman–Crippen LogP) is 3.88. The van der Waals surface area contributed by atoms with Crippen molar-refractivity contribution < 1.29 is 28.4 Å². The predicted molar refractivity (Wildman–Crippen MR) is 121 cm³/mol. The summed E-state index contributed by atoms with van der Waals surface area (Å²) in [5.41, 5.74) is 3.10. The SMILES string of the molecule is COc1cc(N2C(=O)C3C=CC=CC3=[N+](Cc3ccccc3C)C2=O)cc(OC)c1OC. The number of allylic oxidation sites excluding steroid dienone is 3. The molecule has 0 saturated carbocycles. The third-order valence-corrected chi connectivity index (χ3v) is 5.72. The Morgan fingerprint density at radius 1 is 0.969 bits per heavy atom. The number of nitrogens with zero attached hydrogens (tertiary/aromatic N) is 2. The molecule has 2 aliphatic rings. The largest absolute Gasteiger partial charge is 0.506 e. The number of imide groups is 1. The number of carbonyl (C=O) groups is 2. The summed E-state index contributed by atoms with van der Waals surface area (Å²) in [6.45, 7) is 2.36. The second kappa shape index (κ2) is 8.70. The number of carbonyl (C=O) groups excluding carboxylic acids is 2. The molecule has 0 N–H and O–H groups in total. The fourth-order valence-electron chi connectivity index (χ4n) is 4.01. The van der Waals surface area contributed by atoms with Crippen LogP contribution in [0.4, 0.5) is 10.5 Å². The van der Waals surface area contributed by atoms with Gasteiger partial charge in [-0.25, -0.2) is 4.79 Å². The van der Waals surface area contributed by atoms with Gasteiger partial charge in [0.2, 0.25) is 5.75 Å². The maximum absolute atomic E-state index is 13.7. The second-order valence-electron chi connectivity index (χ2n) is 7.50. The number of ether oxygens (including phenoxy) is 3. The lowest BCUT2D eigenvalue weighted by Crippen LogP contribution is -2.54. The molecule has 1 aliphatic carbocycles. The van der Waals surface area contributed by atoms with Gasteiger partial charge in [-0.15, -0.1) is 4.90 Å². The third-order valence-electron chi connectivity index (χ3n) is 5.72. The van der Waals surface area contributed by atoms with Crippen molar-refractivity contribution in [2.75, 3.05) is 26.2 Å². The molecular formula is C25H25N2O5+. The summed E-state index contributed by atoms with van der Waals surface area (Å²) in [6.07, 6.45) is 7.29. The average Bonchev–Trinajstić information content (AvgIpc) is 2.82. The van der Waals surface area contributed by atoms with Gasteiger partial charge < -0.3 is 14.2 Å². The summed E-state index contributed by atoms with van der Waals surface area (Å²) in [5, 5.41) is 0. The van der Waals surface area contributed by atoms with Gasteiger partial charge in [-0.2, -0.15) is 9.37 Å². The van der Waals surface area contributed by atoms with Gasteiger partial charge in [-0.1, -0.05) is 42.5 Å². The van der Waals surface area contributed by atoms with E-state index in [1.54, 1.807) is 22.8 Å². The van der Waals surface area contributed by atoms with E-state index in [4.69, 9.17) is 14.2 Å². The number of methoxy groups -OCH3 is 3.